The van der Waals surface area contributed by atoms with E-state index in [1.54, 1.807) is 11.9 Å². The summed E-state index contributed by atoms with van der Waals surface area (Å²) in [4.78, 5) is 13.8. The van der Waals surface area contributed by atoms with Crippen LogP contribution in [0.5, 0.6) is 0 Å². The second-order valence-corrected chi connectivity index (χ2v) is 5.15. The highest BCUT2D eigenvalue weighted by Crippen LogP contribution is 2.34. The van der Waals surface area contributed by atoms with E-state index in [9.17, 15) is 18.0 Å². The van der Waals surface area contributed by atoms with Crippen molar-refractivity contribution in [2.75, 3.05) is 12.8 Å². The first-order valence-corrected chi connectivity index (χ1v) is 6.54. The molecule has 2 N–H and O–H groups in total. The molecule has 0 unspecified atom stereocenters. The fourth-order valence-electron chi connectivity index (χ4n) is 2.60. The van der Waals surface area contributed by atoms with Gasteiger partial charge in [-0.2, -0.15) is 13.2 Å². The Balaban J connectivity index is 2.26. The molecule has 0 saturated heterocycles. The number of carbonyl (C=O) groups excluding carboxylic acids is 1. The lowest BCUT2D eigenvalue weighted by Gasteiger charge is -2.24. The van der Waals surface area contributed by atoms with Crippen LogP contribution in [-0.4, -0.2) is 23.9 Å². The van der Waals surface area contributed by atoms with Crippen LogP contribution < -0.4 is 5.73 Å². The van der Waals surface area contributed by atoms with Gasteiger partial charge in [-0.05, 0) is 31.0 Å². The maximum atomic E-state index is 12.8. The zero-order valence-electron chi connectivity index (χ0n) is 11.2. The number of halogens is 3. The molecular weight excluding hydrogens is 269 g/mol. The van der Waals surface area contributed by atoms with Gasteiger partial charge in [-0.25, -0.2) is 0 Å². The van der Waals surface area contributed by atoms with Gasteiger partial charge in [0.2, 0.25) is 0 Å². The largest absolute Gasteiger partial charge is 0.418 e. The Morgan fingerprint density at radius 3 is 2.45 bits per heavy atom. The van der Waals surface area contributed by atoms with E-state index in [-0.39, 0.29) is 23.2 Å². The summed E-state index contributed by atoms with van der Waals surface area (Å²) in [5, 5.41) is 0. The molecule has 1 amide bonds. The maximum Gasteiger partial charge on any atom is 0.418 e. The van der Waals surface area contributed by atoms with Crippen LogP contribution in [-0.2, 0) is 6.18 Å². The average Bonchev–Trinajstić information content (AvgIpc) is 2.90. The van der Waals surface area contributed by atoms with E-state index >= 15 is 0 Å². The summed E-state index contributed by atoms with van der Waals surface area (Å²) in [6.07, 6.45) is -0.630. The third kappa shape index (κ3) is 2.89. The third-order valence-electron chi connectivity index (χ3n) is 3.80. The number of hydrogen-bond acceptors (Lipinski definition) is 2. The maximum absolute atomic E-state index is 12.8. The summed E-state index contributed by atoms with van der Waals surface area (Å²) in [6.45, 7) is 0. The molecule has 0 heterocycles. The van der Waals surface area contributed by atoms with Crippen LogP contribution in [0, 0.1) is 0 Å². The molecule has 0 bridgehead atoms. The van der Waals surface area contributed by atoms with Gasteiger partial charge in [-0.3, -0.25) is 4.79 Å². The lowest BCUT2D eigenvalue weighted by molar-refractivity contribution is -0.136. The van der Waals surface area contributed by atoms with Gasteiger partial charge < -0.3 is 10.6 Å². The molecule has 0 spiro atoms. The van der Waals surface area contributed by atoms with Crippen molar-refractivity contribution >= 4 is 11.6 Å². The molecule has 1 saturated carbocycles. The summed E-state index contributed by atoms with van der Waals surface area (Å²) < 4.78 is 38.4. The summed E-state index contributed by atoms with van der Waals surface area (Å²) in [5.41, 5.74) is 4.04. The molecule has 1 aromatic carbocycles. The predicted molar refractivity (Wildman–Crippen MR) is 70.2 cm³/mol. The van der Waals surface area contributed by atoms with E-state index in [1.807, 2.05) is 0 Å². The first-order valence-electron chi connectivity index (χ1n) is 6.54. The minimum absolute atomic E-state index is 0.0286. The molecule has 110 valence electrons. The highest BCUT2D eigenvalue weighted by Gasteiger charge is 2.34. The summed E-state index contributed by atoms with van der Waals surface area (Å²) in [6, 6.07) is 3.44. The zero-order chi connectivity index (χ0) is 14.9. The number of benzene rings is 1. The number of nitrogen functional groups attached to an aromatic ring is 1. The van der Waals surface area contributed by atoms with E-state index in [4.69, 9.17) is 5.73 Å². The number of amides is 1. The molecule has 0 aliphatic heterocycles. The van der Waals surface area contributed by atoms with Gasteiger partial charge in [0.1, 0.15) is 0 Å². The van der Waals surface area contributed by atoms with Crippen molar-refractivity contribution in [3.05, 3.63) is 29.3 Å². The van der Waals surface area contributed by atoms with Crippen LogP contribution in [0.4, 0.5) is 18.9 Å². The van der Waals surface area contributed by atoms with Gasteiger partial charge in [0.05, 0.1) is 5.56 Å². The molecule has 1 aliphatic carbocycles. The SMILES string of the molecule is CN(C(=O)c1ccc(N)c(C(F)(F)F)c1)C1CCCC1. The predicted octanol–water partition coefficient (Wildman–Crippen LogP) is 3.30. The highest BCUT2D eigenvalue weighted by molar-refractivity contribution is 5.95. The molecular formula is C14H17F3N2O. The fraction of sp³-hybridized carbons (Fsp3) is 0.500. The molecule has 0 aromatic heterocycles. The molecule has 1 fully saturated rings. The number of anilines is 1. The lowest BCUT2D eigenvalue weighted by atomic mass is 10.1. The van der Waals surface area contributed by atoms with Gasteiger partial charge in [-0.15, -0.1) is 0 Å². The fourth-order valence-corrected chi connectivity index (χ4v) is 2.60. The van der Waals surface area contributed by atoms with Crippen LogP contribution in [0.15, 0.2) is 18.2 Å². The number of rotatable bonds is 2. The third-order valence-corrected chi connectivity index (χ3v) is 3.80. The van der Waals surface area contributed by atoms with Crippen molar-refractivity contribution in [1.82, 2.24) is 4.90 Å². The van der Waals surface area contributed by atoms with Crippen LogP contribution in [0.3, 0.4) is 0 Å². The van der Waals surface area contributed by atoms with E-state index in [0.717, 1.165) is 37.8 Å². The van der Waals surface area contributed by atoms with Crippen LogP contribution in [0.2, 0.25) is 0 Å². The second-order valence-electron chi connectivity index (χ2n) is 5.15. The standard InChI is InChI=1S/C14H17F3N2O/c1-19(10-4-2-3-5-10)13(20)9-6-7-12(18)11(8-9)14(15,16)17/h6-8,10H,2-5,18H2,1H3. The Morgan fingerprint density at radius 2 is 1.90 bits per heavy atom. The Kier molecular flexibility index (Phi) is 3.92. The molecule has 20 heavy (non-hydrogen) atoms. The Morgan fingerprint density at radius 1 is 1.30 bits per heavy atom. The van der Waals surface area contributed by atoms with Gasteiger partial charge in [0.25, 0.3) is 5.91 Å². The molecule has 0 radical (unpaired) electrons. The normalized spacial score (nSPS) is 16.4. The van der Waals surface area contributed by atoms with Gasteiger partial charge in [0, 0.05) is 24.3 Å². The summed E-state index contributed by atoms with van der Waals surface area (Å²) in [7, 11) is 1.64. The molecule has 3 nitrogen and oxygen atoms in total. The van der Waals surface area contributed by atoms with Crippen molar-refractivity contribution in [3.63, 3.8) is 0 Å². The summed E-state index contributed by atoms with van der Waals surface area (Å²) in [5.74, 6) is -0.387. The topological polar surface area (TPSA) is 46.3 Å². The van der Waals surface area contributed by atoms with E-state index in [0.29, 0.717) is 0 Å². The van der Waals surface area contributed by atoms with Crippen LogP contribution in [0.1, 0.15) is 41.6 Å². The number of nitrogens with two attached hydrogens (primary N) is 1. The van der Waals surface area contributed by atoms with E-state index in [1.165, 1.54) is 6.07 Å². The minimum Gasteiger partial charge on any atom is -0.398 e. The first kappa shape index (κ1) is 14.7. The number of nitrogens with zero attached hydrogens (tertiary/aromatic N) is 1. The van der Waals surface area contributed by atoms with Crippen molar-refractivity contribution in [3.8, 4) is 0 Å². The quantitative estimate of drug-likeness (QED) is 0.848. The Labute approximate surface area is 115 Å². The molecule has 2 rings (SSSR count). The molecule has 0 atom stereocenters. The molecule has 1 aliphatic rings. The molecule has 6 heteroatoms. The van der Waals surface area contributed by atoms with E-state index < -0.39 is 11.7 Å². The van der Waals surface area contributed by atoms with Gasteiger partial charge in [-0.1, -0.05) is 12.8 Å². The molecule has 1 aromatic rings. The minimum atomic E-state index is -4.55. The second kappa shape index (κ2) is 5.34. The zero-order valence-corrected chi connectivity index (χ0v) is 11.2. The highest BCUT2D eigenvalue weighted by atomic mass is 19.4. The van der Waals surface area contributed by atoms with Gasteiger partial charge in [0.15, 0.2) is 0 Å². The van der Waals surface area contributed by atoms with Crippen molar-refractivity contribution in [2.24, 2.45) is 0 Å². The van der Waals surface area contributed by atoms with Crippen LogP contribution in [0.25, 0.3) is 0 Å². The summed E-state index contributed by atoms with van der Waals surface area (Å²) >= 11 is 0. The Bertz CT molecular complexity index is 508. The smallest absolute Gasteiger partial charge is 0.398 e. The monoisotopic (exact) mass is 286 g/mol. The average molecular weight is 286 g/mol. The van der Waals surface area contributed by atoms with Crippen molar-refractivity contribution in [2.45, 2.75) is 37.9 Å². The lowest BCUT2D eigenvalue weighted by Crippen LogP contribution is -2.35. The van der Waals surface area contributed by atoms with Crippen LogP contribution >= 0.6 is 0 Å². The first-order chi connectivity index (χ1) is 9.30. The Hall–Kier alpha value is -1.72. The number of alkyl halides is 3. The van der Waals surface area contributed by atoms with Crippen molar-refractivity contribution < 1.29 is 18.0 Å². The van der Waals surface area contributed by atoms with Crippen molar-refractivity contribution in [1.29, 1.82) is 0 Å². The number of carbonyl (C=O) groups is 1. The van der Waals surface area contributed by atoms with Gasteiger partial charge >= 0.3 is 6.18 Å². The van der Waals surface area contributed by atoms with E-state index in [2.05, 4.69) is 0 Å². The number of hydrogen-bond donors (Lipinski definition) is 1.